The zero-order valence-corrected chi connectivity index (χ0v) is 19.2. The first-order valence-corrected chi connectivity index (χ1v) is 10.7. The van der Waals surface area contributed by atoms with Gasteiger partial charge in [0, 0.05) is 26.4 Å². The van der Waals surface area contributed by atoms with Crippen molar-refractivity contribution in [3.8, 4) is 0 Å². The molecule has 4 rings (SSSR count). The summed E-state index contributed by atoms with van der Waals surface area (Å²) < 4.78 is 7.16. The molecule has 2 aromatic carbocycles. The third-order valence-corrected chi connectivity index (χ3v) is 5.55. The van der Waals surface area contributed by atoms with Gasteiger partial charge in [-0.3, -0.25) is 9.78 Å². The first-order valence-electron chi connectivity index (χ1n) is 9.66. The molecule has 0 aliphatic carbocycles. The number of fused-ring (bicyclic) bond motifs is 1. The Labute approximate surface area is 192 Å². The highest BCUT2D eigenvalue weighted by Gasteiger charge is 2.16. The van der Waals surface area contributed by atoms with E-state index in [-0.39, 0.29) is 23.6 Å². The molecule has 6 nitrogen and oxygen atoms in total. The Morgan fingerprint density at radius 3 is 2.52 bits per heavy atom. The summed E-state index contributed by atoms with van der Waals surface area (Å²) >= 11 is 2.22. The molecular formula is C24H20IN3O3. The Morgan fingerprint density at radius 1 is 1.13 bits per heavy atom. The maximum absolute atomic E-state index is 13.2. The van der Waals surface area contributed by atoms with Gasteiger partial charge in [-0.1, -0.05) is 17.7 Å². The number of rotatable bonds is 4. The summed E-state index contributed by atoms with van der Waals surface area (Å²) in [5.74, 6) is -0.350. The minimum absolute atomic E-state index is 0.179. The average Bonchev–Trinajstić information content (AvgIpc) is 2.77. The van der Waals surface area contributed by atoms with Crippen molar-refractivity contribution in [3.63, 3.8) is 0 Å². The predicted molar refractivity (Wildman–Crippen MR) is 128 cm³/mol. The SMILES string of the molecule is Cc1ccc(NC(=O)c2cc3c(CO)cnc(C)c3oc2=Nc2ccc(I)cc2)cc1. The largest absolute Gasteiger partial charge is 0.436 e. The third-order valence-electron chi connectivity index (χ3n) is 4.83. The Morgan fingerprint density at radius 2 is 1.84 bits per heavy atom. The molecule has 0 atom stereocenters. The smallest absolute Gasteiger partial charge is 0.261 e. The molecule has 0 saturated carbocycles. The van der Waals surface area contributed by atoms with Gasteiger partial charge in [-0.05, 0) is 78.9 Å². The number of anilines is 1. The Hall–Kier alpha value is -3.04. The second kappa shape index (κ2) is 8.99. The summed E-state index contributed by atoms with van der Waals surface area (Å²) in [5, 5.41) is 13.3. The number of halogens is 1. The second-order valence-corrected chi connectivity index (χ2v) is 8.39. The first-order chi connectivity index (χ1) is 14.9. The number of aromatic nitrogens is 1. The molecule has 0 radical (unpaired) electrons. The molecule has 0 unspecified atom stereocenters. The van der Waals surface area contributed by atoms with Crippen molar-refractivity contribution in [3.05, 3.63) is 92.3 Å². The quantitative estimate of drug-likeness (QED) is 0.366. The van der Waals surface area contributed by atoms with Crippen LogP contribution in [0.3, 0.4) is 0 Å². The van der Waals surface area contributed by atoms with Crippen LogP contribution < -0.4 is 10.9 Å². The minimum Gasteiger partial charge on any atom is -0.436 e. The van der Waals surface area contributed by atoms with Crippen molar-refractivity contribution in [1.82, 2.24) is 4.98 Å². The van der Waals surface area contributed by atoms with Crippen molar-refractivity contribution in [1.29, 1.82) is 0 Å². The van der Waals surface area contributed by atoms with Crippen LogP contribution >= 0.6 is 22.6 Å². The predicted octanol–water partition coefficient (Wildman–Crippen LogP) is 5.03. The van der Waals surface area contributed by atoms with E-state index in [0.29, 0.717) is 33.6 Å². The van der Waals surface area contributed by atoms with E-state index in [4.69, 9.17) is 4.42 Å². The summed E-state index contributed by atoms with van der Waals surface area (Å²) in [6.45, 7) is 3.58. The van der Waals surface area contributed by atoms with Crippen molar-refractivity contribution < 1.29 is 14.3 Å². The number of carbonyl (C=O) groups is 1. The van der Waals surface area contributed by atoms with Crippen LogP contribution in [0.15, 0.2) is 70.2 Å². The van der Waals surface area contributed by atoms with Crippen LogP contribution in [0.25, 0.3) is 11.0 Å². The molecule has 0 aliphatic heterocycles. The van der Waals surface area contributed by atoms with Gasteiger partial charge in [-0.15, -0.1) is 0 Å². The number of benzene rings is 2. The highest BCUT2D eigenvalue weighted by molar-refractivity contribution is 14.1. The van der Waals surface area contributed by atoms with Crippen LogP contribution in [0.5, 0.6) is 0 Å². The van der Waals surface area contributed by atoms with Gasteiger partial charge in [0.05, 0.1) is 18.0 Å². The van der Waals surface area contributed by atoms with Crippen molar-refractivity contribution in [2.24, 2.45) is 4.99 Å². The maximum atomic E-state index is 13.2. The number of aryl methyl sites for hydroxylation is 2. The molecule has 2 N–H and O–H groups in total. The van der Waals surface area contributed by atoms with E-state index in [1.165, 1.54) is 0 Å². The lowest BCUT2D eigenvalue weighted by molar-refractivity contribution is 0.102. The van der Waals surface area contributed by atoms with Crippen LogP contribution in [0, 0.1) is 17.4 Å². The van der Waals surface area contributed by atoms with Crippen LogP contribution in [0.2, 0.25) is 0 Å². The Kier molecular flexibility index (Phi) is 6.15. The molecule has 1 amide bonds. The van der Waals surface area contributed by atoms with Gasteiger partial charge >= 0.3 is 0 Å². The lowest BCUT2D eigenvalue weighted by atomic mass is 10.1. The number of amides is 1. The van der Waals surface area contributed by atoms with Crippen LogP contribution in [-0.4, -0.2) is 16.0 Å². The monoisotopic (exact) mass is 525 g/mol. The van der Waals surface area contributed by atoms with Gasteiger partial charge < -0.3 is 14.8 Å². The van der Waals surface area contributed by atoms with Gasteiger partial charge in [0.25, 0.3) is 5.91 Å². The van der Waals surface area contributed by atoms with E-state index in [0.717, 1.165) is 9.13 Å². The number of pyridine rings is 1. The Bertz CT molecular complexity index is 1330. The fraction of sp³-hybridized carbons (Fsp3) is 0.125. The van der Waals surface area contributed by atoms with Crippen LogP contribution in [-0.2, 0) is 6.61 Å². The highest BCUT2D eigenvalue weighted by Crippen LogP contribution is 2.22. The van der Waals surface area contributed by atoms with E-state index >= 15 is 0 Å². The van der Waals surface area contributed by atoms with Crippen molar-refractivity contribution in [2.45, 2.75) is 20.5 Å². The van der Waals surface area contributed by atoms with E-state index in [1.807, 2.05) is 62.4 Å². The molecule has 4 aromatic rings. The zero-order valence-electron chi connectivity index (χ0n) is 17.0. The van der Waals surface area contributed by atoms with Gasteiger partial charge in [0.1, 0.15) is 5.56 Å². The zero-order chi connectivity index (χ0) is 22.0. The first kappa shape index (κ1) is 21.2. The number of carbonyl (C=O) groups excluding carboxylic acids is 1. The standard InChI is InChI=1S/C24H20IN3O3/c1-14-3-7-18(8-4-14)27-23(30)21-11-20-16(13-29)12-26-15(2)22(20)31-24(21)28-19-9-5-17(25)6-10-19/h3-12,29H,13H2,1-2H3,(H,27,30). The molecule has 0 aliphatic rings. The molecule has 2 aromatic heterocycles. The number of aliphatic hydroxyl groups is 1. The molecule has 0 fully saturated rings. The number of nitrogens with zero attached hydrogens (tertiary/aromatic N) is 2. The summed E-state index contributed by atoms with van der Waals surface area (Å²) in [7, 11) is 0. The average molecular weight is 525 g/mol. The number of hydrogen-bond acceptors (Lipinski definition) is 5. The topological polar surface area (TPSA) is 87.7 Å². The summed E-state index contributed by atoms with van der Waals surface area (Å²) in [4.78, 5) is 22.1. The van der Waals surface area contributed by atoms with Gasteiger partial charge in [-0.25, -0.2) is 4.99 Å². The van der Waals surface area contributed by atoms with E-state index in [9.17, 15) is 9.90 Å². The Balaban J connectivity index is 1.90. The van der Waals surface area contributed by atoms with E-state index in [2.05, 4.69) is 37.9 Å². The second-order valence-electron chi connectivity index (χ2n) is 7.14. The molecule has 0 saturated heterocycles. The normalized spacial score (nSPS) is 11.7. The van der Waals surface area contributed by atoms with Gasteiger partial charge in [0.2, 0.25) is 5.55 Å². The van der Waals surface area contributed by atoms with E-state index in [1.54, 1.807) is 12.3 Å². The number of aliphatic hydroxyl groups excluding tert-OH is 1. The van der Waals surface area contributed by atoms with Crippen molar-refractivity contribution >= 4 is 50.8 Å². The molecule has 156 valence electrons. The molecule has 7 heteroatoms. The molecule has 0 bridgehead atoms. The van der Waals surface area contributed by atoms with E-state index < -0.39 is 0 Å². The number of nitrogens with one attached hydrogen (secondary N) is 1. The van der Waals surface area contributed by atoms with Crippen LogP contribution in [0.4, 0.5) is 11.4 Å². The van der Waals surface area contributed by atoms with Gasteiger partial charge in [-0.2, -0.15) is 0 Å². The van der Waals surface area contributed by atoms with Crippen molar-refractivity contribution in [2.75, 3.05) is 5.32 Å². The fourth-order valence-electron chi connectivity index (χ4n) is 3.13. The third kappa shape index (κ3) is 4.67. The highest BCUT2D eigenvalue weighted by atomic mass is 127. The summed E-state index contributed by atoms with van der Waals surface area (Å²) in [6, 6.07) is 16.8. The number of hydrogen-bond donors (Lipinski definition) is 2. The van der Waals surface area contributed by atoms with Gasteiger partial charge in [0.15, 0.2) is 5.58 Å². The fourth-order valence-corrected chi connectivity index (χ4v) is 3.49. The lowest BCUT2D eigenvalue weighted by Crippen LogP contribution is -2.22. The molecule has 31 heavy (non-hydrogen) atoms. The summed E-state index contributed by atoms with van der Waals surface area (Å²) in [6.07, 6.45) is 1.59. The molecule has 2 heterocycles. The maximum Gasteiger partial charge on any atom is 0.261 e. The minimum atomic E-state index is -0.350. The molecule has 0 spiro atoms. The lowest BCUT2D eigenvalue weighted by Gasteiger charge is -2.10. The summed E-state index contributed by atoms with van der Waals surface area (Å²) in [5.41, 5.74) is 4.60. The van der Waals surface area contributed by atoms with Crippen LogP contribution in [0.1, 0.15) is 27.2 Å². The molecular weight excluding hydrogens is 505 g/mol.